The van der Waals surface area contributed by atoms with E-state index in [2.05, 4.69) is 0 Å². The minimum absolute atomic E-state index is 0.363. The summed E-state index contributed by atoms with van der Waals surface area (Å²) in [6.07, 6.45) is -4.94. The van der Waals surface area contributed by atoms with E-state index in [9.17, 15) is 22.8 Å². The molecule has 0 heterocycles. The first kappa shape index (κ1) is 16.7. The molecule has 0 spiro atoms. The van der Waals surface area contributed by atoms with Gasteiger partial charge < -0.3 is 10.0 Å². The highest BCUT2D eigenvalue weighted by molar-refractivity contribution is 5.84. The van der Waals surface area contributed by atoms with Crippen molar-refractivity contribution in [3.63, 3.8) is 0 Å². The third-order valence-corrected chi connectivity index (χ3v) is 3.12. The number of alkyl halides is 3. The molecule has 0 bridgehead atoms. The number of amides is 1. The molecule has 0 aliphatic carbocycles. The summed E-state index contributed by atoms with van der Waals surface area (Å²) in [5.74, 6) is -2.38. The smallest absolute Gasteiger partial charge is 0.406 e. The molecule has 7 heteroatoms. The van der Waals surface area contributed by atoms with E-state index >= 15 is 0 Å². The Balaban J connectivity index is 4.78. The summed E-state index contributed by atoms with van der Waals surface area (Å²) in [6.45, 7) is 3.22. The first-order chi connectivity index (χ1) is 7.90. The van der Waals surface area contributed by atoms with Crippen molar-refractivity contribution in [1.29, 1.82) is 0 Å². The SMILES string of the molecule is CC(C)C(C)(CC(=O)N(C)CC(F)(F)F)C(=O)O. The van der Waals surface area contributed by atoms with E-state index in [0.717, 1.165) is 7.05 Å². The number of hydrogen-bond acceptors (Lipinski definition) is 2. The van der Waals surface area contributed by atoms with Gasteiger partial charge in [0, 0.05) is 13.5 Å². The lowest BCUT2D eigenvalue weighted by molar-refractivity contribution is -0.164. The summed E-state index contributed by atoms with van der Waals surface area (Å²) < 4.78 is 36.3. The minimum Gasteiger partial charge on any atom is -0.481 e. The van der Waals surface area contributed by atoms with Crippen molar-refractivity contribution >= 4 is 11.9 Å². The number of aliphatic carboxylic acids is 1. The number of carbonyl (C=O) groups is 2. The fourth-order valence-corrected chi connectivity index (χ4v) is 1.33. The van der Waals surface area contributed by atoms with Crippen LogP contribution in [0, 0.1) is 11.3 Å². The molecular formula is C11H18F3NO3. The van der Waals surface area contributed by atoms with E-state index in [1.165, 1.54) is 6.92 Å². The number of carboxylic acids is 1. The average Bonchev–Trinajstić information content (AvgIpc) is 2.13. The maximum Gasteiger partial charge on any atom is 0.406 e. The Morgan fingerprint density at radius 2 is 1.72 bits per heavy atom. The van der Waals surface area contributed by atoms with E-state index < -0.39 is 36.4 Å². The Morgan fingerprint density at radius 1 is 1.28 bits per heavy atom. The Kier molecular flexibility index (Phi) is 5.19. The third kappa shape index (κ3) is 4.54. The lowest BCUT2D eigenvalue weighted by Gasteiger charge is -2.30. The zero-order chi connectivity index (χ0) is 14.7. The van der Waals surface area contributed by atoms with Crippen molar-refractivity contribution in [2.45, 2.75) is 33.4 Å². The van der Waals surface area contributed by atoms with Gasteiger partial charge in [0.2, 0.25) is 5.91 Å². The van der Waals surface area contributed by atoms with E-state index in [4.69, 9.17) is 5.11 Å². The van der Waals surface area contributed by atoms with Crippen LogP contribution in [0.2, 0.25) is 0 Å². The van der Waals surface area contributed by atoms with Gasteiger partial charge in [-0.25, -0.2) is 0 Å². The van der Waals surface area contributed by atoms with Gasteiger partial charge in [0.25, 0.3) is 0 Å². The first-order valence-corrected chi connectivity index (χ1v) is 5.44. The number of carboxylic acid groups (broad SMARTS) is 1. The summed E-state index contributed by atoms with van der Waals surface area (Å²) in [5.41, 5.74) is -1.36. The molecule has 0 aromatic heterocycles. The van der Waals surface area contributed by atoms with Gasteiger partial charge in [-0.15, -0.1) is 0 Å². The molecule has 0 saturated heterocycles. The Labute approximate surface area is 104 Å². The predicted octanol–water partition coefficient (Wildman–Crippen LogP) is 2.14. The van der Waals surface area contributed by atoms with Crippen molar-refractivity contribution in [3.05, 3.63) is 0 Å². The summed E-state index contributed by atoms with van der Waals surface area (Å²) in [7, 11) is 1.01. The van der Waals surface area contributed by atoms with Crippen LogP contribution in [0.3, 0.4) is 0 Å². The standard InChI is InChI=1S/C11H18F3NO3/c1-7(2)10(3,9(17)18)5-8(16)15(4)6-11(12,13)14/h7H,5-6H2,1-4H3,(H,17,18). The predicted molar refractivity (Wildman–Crippen MR) is 58.9 cm³/mol. The van der Waals surface area contributed by atoms with Crippen molar-refractivity contribution in [2.75, 3.05) is 13.6 Å². The van der Waals surface area contributed by atoms with E-state index in [1.54, 1.807) is 13.8 Å². The van der Waals surface area contributed by atoms with E-state index in [0.29, 0.717) is 4.90 Å². The molecule has 0 radical (unpaired) electrons. The van der Waals surface area contributed by atoms with Crippen molar-refractivity contribution in [1.82, 2.24) is 4.90 Å². The molecule has 0 aromatic carbocycles. The monoisotopic (exact) mass is 269 g/mol. The average molecular weight is 269 g/mol. The number of rotatable bonds is 5. The molecule has 1 atom stereocenters. The fourth-order valence-electron chi connectivity index (χ4n) is 1.33. The fraction of sp³-hybridized carbons (Fsp3) is 0.818. The molecule has 0 fully saturated rings. The van der Waals surface area contributed by atoms with Gasteiger partial charge in [0.1, 0.15) is 6.54 Å². The number of carbonyl (C=O) groups excluding carboxylic acids is 1. The first-order valence-electron chi connectivity index (χ1n) is 5.44. The molecule has 1 unspecified atom stereocenters. The zero-order valence-corrected chi connectivity index (χ0v) is 10.8. The molecule has 1 amide bonds. The highest BCUT2D eigenvalue weighted by Gasteiger charge is 2.40. The summed E-state index contributed by atoms with van der Waals surface area (Å²) in [5, 5.41) is 9.07. The van der Waals surface area contributed by atoms with Crippen LogP contribution in [0.4, 0.5) is 13.2 Å². The largest absolute Gasteiger partial charge is 0.481 e. The molecule has 0 rings (SSSR count). The van der Waals surface area contributed by atoms with Crippen LogP contribution in [-0.4, -0.2) is 41.7 Å². The zero-order valence-electron chi connectivity index (χ0n) is 10.8. The van der Waals surface area contributed by atoms with Crippen molar-refractivity contribution < 1.29 is 27.9 Å². The van der Waals surface area contributed by atoms with Gasteiger partial charge in [0.15, 0.2) is 0 Å². The van der Waals surface area contributed by atoms with E-state index in [1.807, 2.05) is 0 Å². The second-order valence-corrected chi connectivity index (χ2v) is 4.92. The Hall–Kier alpha value is -1.27. The van der Waals surface area contributed by atoms with Crippen LogP contribution >= 0.6 is 0 Å². The summed E-state index contributed by atoms with van der Waals surface area (Å²) in [6, 6.07) is 0. The van der Waals surface area contributed by atoms with Gasteiger partial charge in [-0.05, 0) is 12.8 Å². The van der Waals surface area contributed by atoms with Gasteiger partial charge in [-0.1, -0.05) is 13.8 Å². The van der Waals surface area contributed by atoms with Crippen LogP contribution in [0.15, 0.2) is 0 Å². The van der Waals surface area contributed by atoms with Gasteiger partial charge in [0.05, 0.1) is 5.41 Å². The topological polar surface area (TPSA) is 57.6 Å². The van der Waals surface area contributed by atoms with Crippen LogP contribution in [0.5, 0.6) is 0 Å². The van der Waals surface area contributed by atoms with Crippen LogP contribution < -0.4 is 0 Å². The van der Waals surface area contributed by atoms with Crippen molar-refractivity contribution in [3.8, 4) is 0 Å². The lowest BCUT2D eigenvalue weighted by Crippen LogP contribution is -2.42. The maximum atomic E-state index is 12.1. The maximum absolute atomic E-state index is 12.1. The Morgan fingerprint density at radius 3 is 2.00 bits per heavy atom. The molecule has 0 aromatic rings. The minimum atomic E-state index is -4.48. The molecule has 106 valence electrons. The second kappa shape index (κ2) is 5.58. The molecule has 0 aliphatic heterocycles. The van der Waals surface area contributed by atoms with E-state index in [-0.39, 0.29) is 5.92 Å². The van der Waals surface area contributed by atoms with Crippen LogP contribution in [0.25, 0.3) is 0 Å². The van der Waals surface area contributed by atoms with Crippen LogP contribution in [0.1, 0.15) is 27.2 Å². The number of nitrogens with zero attached hydrogens (tertiary/aromatic N) is 1. The second-order valence-electron chi connectivity index (χ2n) is 4.92. The molecule has 18 heavy (non-hydrogen) atoms. The van der Waals surface area contributed by atoms with Gasteiger partial charge >= 0.3 is 12.1 Å². The number of halogens is 3. The highest BCUT2D eigenvalue weighted by atomic mass is 19.4. The molecule has 1 N–H and O–H groups in total. The third-order valence-electron chi connectivity index (χ3n) is 3.12. The van der Waals surface area contributed by atoms with Gasteiger partial charge in [-0.3, -0.25) is 9.59 Å². The quantitative estimate of drug-likeness (QED) is 0.832. The summed E-state index contributed by atoms with van der Waals surface area (Å²) >= 11 is 0. The molecule has 0 saturated carbocycles. The highest BCUT2D eigenvalue weighted by Crippen LogP contribution is 2.32. The Bertz CT molecular complexity index is 328. The molecular weight excluding hydrogens is 251 g/mol. The molecule has 4 nitrogen and oxygen atoms in total. The van der Waals surface area contributed by atoms with Gasteiger partial charge in [-0.2, -0.15) is 13.2 Å². The normalized spacial score (nSPS) is 15.3. The molecule has 0 aliphatic rings. The number of hydrogen-bond donors (Lipinski definition) is 1. The summed E-state index contributed by atoms with van der Waals surface area (Å²) in [4.78, 5) is 23.2. The van der Waals surface area contributed by atoms with Crippen LogP contribution in [-0.2, 0) is 9.59 Å². The lowest BCUT2D eigenvalue weighted by atomic mass is 9.76. The van der Waals surface area contributed by atoms with Crippen molar-refractivity contribution in [2.24, 2.45) is 11.3 Å².